The van der Waals surface area contributed by atoms with Crippen LogP contribution in [0.5, 0.6) is 11.5 Å². The van der Waals surface area contributed by atoms with Crippen molar-refractivity contribution in [2.24, 2.45) is 0 Å². The van der Waals surface area contributed by atoms with Crippen LogP contribution in [0.15, 0.2) is 54.6 Å². The SMILES string of the molecule is COc1ccc([C@H]2C/C=C\C[C@@H](c3ccc(F)cc3)NC(=O)CCC(=O)N2)c(OC)c1. The first kappa shape index (κ1) is 22.3. The normalized spacial score (nSPS) is 21.1. The second-order valence-corrected chi connectivity index (χ2v) is 7.34. The van der Waals surface area contributed by atoms with Crippen molar-refractivity contribution in [1.29, 1.82) is 0 Å². The van der Waals surface area contributed by atoms with Crippen LogP contribution in [0.3, 0.4) is 0 Å². The Balaban J connectivity index is 1.84. The van der Waals surface area contributed by atoms with Crippen LogP contribution in [0.1, 0.15) is 48.9 Å². The summed E-state index contributed by atoms with van der Waals surface area (Å²) in [6, 6.07) is 11.0. The van der Waals surface area contributed by atoms with Crippen molar-refractivity contribution >= 4 is 11.8 Å². The second-order valence-electron chi connectivity index (χ2n) is 7.34. The zero-order valence-electron chi connectivity index (χ0n) is 17.7. The van der Waals surface area contributed by atoms with Gasteiger partial charge in [0.15, 0.2) is 0 Å². The van der Waals surface area contributed by atoms with Crippen molar-refractivity contribution < 1.29 is 23.5 Å². The van der Waals surface area contributed by atoms with E-state index >= 15 is 0 Å². The summed E-state index contributed by atoms with van der Waals surface area (Å²) in [5.74, 6) is 0.510. The van der Waals surface area contributed by atoms with E-state index in [9.17, 15) is 14.0 Å². The minimum absolute atomic E-state index is 0.0692. The van der Waals surface area contributed by atoms with Crippen molar-refractivity contribution in [3.8, 4) is 11.5 Å². The number of hydrogen-bond acceptors (Lipinski definition) is 4. The van der Waals surface area contributed by atoms with Gasteiger partial charge in [0, 0.05) is 24.5 Å². The lowest BCUT2D eigenvalue weighted by Gasteiger charge is -2.22. The van der Waals surface area contributed by atoms with E-state index in [1.54, 1.807) is 32.4 Å². The Kier molecular flexibility index (Phi) is 7.65. The molecular weight excluding hydrogens is 399 g/mol. The maximum atomic E-state index is 13.3. The molecule has 0 aromatic heterocycles. The minimum atomic E-state index is -0.327. The number of halogens is 1. The van der Waals surface area contributed by atoms with Gasteiger partial charge < -0.3 is 20.1 Å². The van der Waals surface area contributed by atoms with E-state index < -0.39 is 0 Å². The fourth-order valence-electron chi connectivity index (χ4n) is 3.57. The van der Waals surface area contributed by atoms with Crippen molar-refractivity contribution in [3.05, 3.63) is 71.6 Å². The highest BCUT2D eigenvalue weighted by Crippen LogP contribution is 2.32. The topological polar surface area (TPSA) is 76.7 Å². The number of methoxy groups -OCH3 is 2. The third-order valence-electron chi connectivity index (χ3n) is 5.25. The highest BCUT2D eigenvalue weighted by molar-refractivity contribution is 5.84. The van der Waals surface area contributed by atoms with Crippen molar-refractivity contribution in [3.63, 3.8) is 0 Å². The average Bonchev–Trinajstić information content (AvgIpc) is 2.78. The zero-order valence-corrected chi connectivity index (χ0v) is 17.7. The first-order valence-corrected chi connectivity index (χ1v) is 10.2. The molecule has 31 heavy (non-hydrogen) atoms. The Morgan fingerprint density at radius 1 is 0.839 bits per heavy atom. The van der Waals surface area contributed by atoms with Gasteiger partial charge in [-0.05, 0) is 42.7 Å². The summed E-state index contributed by atoms with van der Waals surface area (Å²) >= 11 is 0. The molecule has 2 aromatic rings. The number of nitrogens with one attached hydrogen (secondary N) is 2. The monoisotopic (exact) mass is 426 g/mol. The molecule has 0 unspecified atom stereocenters. The Bertz CT molecular complexity index is 943. The van der Waals surface area contributed by atoms with Gasteiger partial charge in [-0.1, -0.05) is 24.3 Å². The number of amides is 2. The Labute approximate surface area is 181 Å². The molecule has 164 valence electrons. The molecule has 2 atom stereocenters. The van der Waals surface area contributed by atoms with Gasteiger partial charge in [0.25, 0.3) is 0 Å². The van der Waals surface area contributed by atoms with E-state index in [2.05, 4.69) is 10.6 Å². The number of carbonyl (C=O) groups excluding carboxylic acids is 2. The lowest BCUT2D eigenvalue weighted by Crippen LogP contribution is -2.32. The largest absolute Gasteiger partial charge is 0.497 e. The molecule has 3 rings (SSSR count). The summed E-state index contributed by atoms with van der Waals surface area (Å²) in [5, 5.41) is 5.94. The molecule has 0 saturated heterocycles. The Morgan fingerprint density at radius 3 is 2.06 bits per heavy atom. The summed E-state index contributed by atoms with van der Waals surface area (Å²) < 4.78 is 24.0. The van der Waals surface area contributed by atoms with E-state index in [1.807, 2.05) is 24.3 Å². The number of hydrogen-bond donors (Lipinski definition) is 2. The Hall–Kier alpha value is -3.35. The van der Waals surface area contributed by atoms with Crippen LogP contribution in [-0.4, -0.2) is 26.0 Å². The van der Waals surface area contributed by atoms with Crippen LogP contribution in [0, 0.1) is 5.82 Å². The summed E-state index contributed by atoms with van der Waals surface area (Å²) in [5.41, 5.74) is 1.65. The van der Waals surface area contributed by atoms with Crippen LogP contribution in [0.25, 0.3) is 0 Å². The summed E-state index contributed by atoms with van der Waals surface area (Å²) in [6.45, 7) is 0. The van der Waals surface area contributed by atoms with Crippen molar-refractivity contribution in [2.45, 2.75) is 37.8 Å². The smallest absolute Gasteiger partial charge is 0.221 e. The third kappa shape index (κ3) is 6.07. The quantitative estimate of drug-likeness (QED) is 0.725. The summed E-state index contributed by atoms with van der Waals surface area (Å²) in [6.07, 6.45) is 5.18. The molecule has 2 N–H and O–H groups in total. The molecule has 7 heteroatoms. The van der Waals surface area contributed by atoms with Gasteiger partial charge in [0.1, 0.15) is 17.3 Å². The van der Waals surface area contributed by atoms with E-state index in [0.29, 0.717) is 24.3 Å². The zero-order chi connectivity index (χ0) is 22.2. The number of ether oxygens (including phenoxy) is 2. The molecule has 0 saturated carbocycles. The fraction of sp³-hybridized carbons (Fsp3) is 0.333. The molecule has 2 amide bonds. The third-order valence-corrected chi connectivity index (χ3v) is 5.25. The van der Waals surface area contributed by atoms with Crippen LogP contribution >= 0.6 is 0 Å². The number of rotatable bonds is 4. The van der Waals surface area contributed by atoms with Gasteiger partial charge in [-0.3, -0.25) is 9.59 Å². The van der Waals surface area contributed by atoms with Gasteiger partial charge in [-0.25, -0.2) is 4.39 Å². The van der Waals surface area contributed by atoms with E-state index in [-0.39, 0.29) is 42.6 Å². The predicted octanol–water partition coefficient (Wildman–Crippen LogP) is 3.99. The van der Waals surface area contributed by atoms with Gasteiger partial charge >= 0.3 is 0 Å². The second kappa shape index (κ2) is 10.6. The fourth-order valence-corrected chi connectivity index (χ4v) is 3.57. The molecule has 0 spiro atoms. The Morgan fingerprint density at radius 2 is 1.45 bits per heavy atom. The molecule has 1 aliphatic heterocycles. The van der Waals surface area contributed by atoms with Crippen molar-refractivity contribution in [2.75, 3.05) is 14.2 Å². The maximum Gasteiger partial charge on any atom is 0.221 e. The van der Waals surface area contributed by atoms with Crippen LogP contribution < -0.4 is 20.1 Å². The summed E-state index contributed by atoms with van der Waals surface area (Å²) in [7, 11) is 3.15. The van der Waals surface area contributed by atoms with Gasteiger partial charge in [0.2, 0.25) is 11.8 Å². The van der Waals surface area contributed by atoms with Crippen LogP contribution in [0.4, 0.5) is 4.39 Å². The standard InChI is InChI=1S/C24H27FN2O4/c1-30-18-11-12-19(22(15-18)31-2)21-6-4-3-5-20(16-7-9-17(25)10-8-16)26-23(28)13-14-24(29)27-21/h3-4,7-12,15,20-21H,5-6,13-14H2,1-2H3,(H,26,28)(H,27,29)/b4-3-/t20-,21+/m0/s1. The van der Waals surface area contributed by atoms with E-state index in [4.69, 9.17) is 9.47 Å². The molecule has 1 aliphatic rings. The lowest BCUT2D eigenvalue weighted by molar-refractivity contribution is -0.127. The molecule has 0 aliphatic carbocycles. The van der Waals surface area contributed by atoms with Crippen LogP contribution in [-0.2, 0) is 9.59 Å². The number of benzene rings is 2. The van der Waals surface area contributed by atoms with E-state index in [0.717, 1.165) is 11.1 Å². The summed E-state index contributed by atoms with van der Waals surface area (Å²) in [4.78, 5) is 24.9. The molecule has 0 bridgehead atoms. The highest BCUT2D eigenvalue weighted by atomic mass is 19.1. The van der Waals surface area contributed by atoms with Crippen molar-refractivity contribution in [1.82, 2.24) is 10.6 Å². The first-order valence-electron chi connectivity index (χ1n) is 10.2. The molecule has 2 aromatic carbocycles. The van der Waals surface area contributed by atoms with Crippen LogP contribution in [0.2, 0.25) is 0 Å². The maximum absolute atomic E-state index is 13.3. The molecular formula is C24H27FN2O4. The lowest BCUT2D eigenvalue weighted by atomic mass is 9.99. The predicted molar refractivity (Wildman–Crippen MR) is 115 cm³/mol. The molecule has 0 fully saturated rings. The molecule has 1 heterocycles. The van der Waals surface area contributed by atoms with Gasteiger partial charge in [-0.15, -0.1) is 0 Å². The first-order chi connectivity index (χ1) is 15.0. The van der Waals surface area contributed by atoms with Gasteiger partial charge in [0.05, 0.1) is 26.3 Å². The van der Waals surface area contributed by atoms with Gasteiger partial charge in [-0.2, -0.15) is 0 Å². The number of carbonyl (C=O) groups is 2. The highest BCUT2D eigenvalue weighted by Gasteiger charge is 2.21. The molecule has 6 nitrogen and oxygen atoms in total. The van der Waals surface area contributed by atoms with E-state index in [1.165, 1.54) is 12.1 Å². The molecule has 0 radical (unpaired) electrons. The average molecular weight is 426 g/mol. The minimum Gasteiger partial charge on any atom is -0.497 e.